The van der Waals surface area contributed by atoms with Crippen LogP contribution in [0.4, 0.5) is 0 Å². The van der Waals surface area contributed by atoms with Crippen molar-refractivity contribution >= 4 is 29.5 Å². The van der Waals surface area contributed by atoms with Gasteiger partial charge in [0, 0.05) is 31.0 Å². The van der Waals surface area contributed by atoms with Crippen LogP contribution in [0.25, 0.3) is 0 Å². The number of aliphatic hydroxyl groups excluding tert-OH is 1. The third-order valence-corrected chi connectivity index (χ3v) is 10.00. The molecular formula is C25H40N2O5S. The summed E-state index contributed by atoms with van der Waals surface area (Å²) >= 11 is 1.60. The molecule has 2 bridgehead atoms. The zero-order chi connectivity index (χ0) is 24.3. The smallest absolute Gasteiger partial charge is 0.308 e. The fraction of sp³-hybridized carbons (Fsp3) is 0.800. The van der Waals surface area contributed by atoms with Gasteiger partial charge in [-0.2, -0.15) is 0 Å². The van der Waals surface area contributed by atoms with Crippen LogP contribution in [0, 0.1) is 17.8 Å². The van der Waals surface area contributed by atoms with Crippen molar-refractivity contribution in [1.82, 2.24) is 9.80 Å². The second-order valence-electron chi connectivity index (χ2n) is 9.98. The third-order valence-electron chi connectivity index (χ3n) is 7.92. The van der Waals surface area contributed by atoms with Gasteiger partial charge in [0.1, 0.15) is 6.04 Å². The van der Waals surface area contributed by atoms with E-state index in [1.807, 2.05) is 11.8 Å². The second kappa shape index (κ2) is 10.8. The number of carboxylic acids is 1. The Balaban J connectivity index is 1.98. The zero-order valence-electron chi connectivity index (χ0n) is 20.2. The second-order valence-corrected chi connectivity index (χ2v) is 11.5. The number of hydrogen-bond donors (Lipinski definition) is 2. The van der Waals surface area contributed by atoms with E-state index in [-0.39, 0.29) is 35.6 Å². The van der Waals surface area contributed by atoms with Gasteiger partial charge in [-0.15, -0.1) is 18.3 Å². The lowest BCUT2D eigenvalue weighted by molar-refractivity contribution is -0.149. The highest BCUT2D eigenvalue weighted by Gasteiger charge is 2.76. The molecule has 0 saturated carbocycles. The number of rotatable bonds is 13. The summed E-state index contributed by atoms with van der Waals surface area (Å²) in [6.45, 7) is 11.1. The van der Waals surface area contributed by atoms with Gasteiger partial charge in [-0.3, -0.25) is 14.4 Å². The number of aliphatic hydroxyl groups is 1. The summed E-state index contributed by atoms with van der Waals surface area (Å²) in [7, 11) is 0. The Labute approximate surface area is 202 Å². The molecule has 7 atom stereocenters. The molecule has 7 nitrogen and oxygen atoms in total. The van der Waals surface area contributed by atoms with E-state index in [0.29, 0.717) is 13.1 Å². The highest BCUT2D eigenvalue weighted by molar-refractivity contribution is 8.02. The van der Waals surface area contributed by atoms with Crippen LogP contribution in [-0.4, -0.2) is 79.6 Å². The summed E-state index contributed by atoms with van der Waals surface area (Å²) in [4.78, 5) is 43.7. The summed E-state index contributed by atoms with van der Waals surface area (Å²) in [6, 6.07) is -0.618. The minimum atomic E-state index is -0.919. The van der Waals surface area contributed by atoms with Crippen LogP contribution in [-0.2, 0) is 14.4 Å². The van der Waals surface area contributed by atoms with Crippen LogP contribution in [0.2, 0.25) is 0 Å². The van der Waals surface area contributed by atoms with E-state index in [9.17, 15) is 19.5 Å². The molecule has 3 fully saturated rings. The molecule has 3 rings (SSSR count). The van der Waals surface area contributed by atoms with Crippen LogP contribution in [0.3, 0.4) is 0 Å². The summed E-state index contributed by atoms with van der Waals surface area (Å²) in [5.41, 5.74) is 0. The maximum atomic E-state index is 14.2. The molecule has 186 valence electrons. The van der Waals surface area contributed by atoms with Crippen molar-refractivity contribution in [3.8, 4) is 0 Å². The first-order chi connectivity index (χ1) is 15.8. The number of unbranched alkanes of at least 4 members (excludes halogenated alkanes) is 3. The van der Waals surface area contributed by atoms with Crippen molar-refractivity contribution in [3.63, 3.8) is 0 Å². The number of amides is 2. The topological polar surface area (TPSA) is 98.2 Å². The predicted molar refractivity (Wildman–Crippen MR) is 130 cm³/mol. The van der Waals surface area contributed by atoms with Gasteiger partial charge in [0.05, 0.1) is 16.6 Å². The van der Waals surface area contributed by atoms with Crippen LogP contribution in [0.15, 0.2) is 12.7 Å². The SMILES string of the molecule is C=CCN(C(=O)C1N(CCCCCCO)C(=O)[C@@H]2[C@@H](C(=O)O)[C@H]3CC(C)C12S3)C(C)CCC. The summed E-state index contributed by atoms with van der Waals surface area (Å²) in [6.07, 6.45) is 7.46. The molecule has 0 radical (unpaired) electrons. The van der Waals surface area contributed by atoms with Crippen LogP contribution in [0.5, 0.6) is 0 Å². The van der Waals surface area contributed by atoms with Gasteiger partial charge in [0.25, 0.3) is 0 Å². The van der Waals surface area contributed by atoms with Gasteiger partial charge >= 0.3 is 5.97 Å². The Bertz CT molecular complexity index is 761. The first kappa shape index (κ1) is 26.1. The minimum Gasteiger partial charge on any atom is -0.481 e. The number of aliphatic carboxylic acids is 1. The number of carbonyl (C=O) groups excluding carboxylic acids is 2. The monoisotopic (exact) mass is 480 g/mol. The first-order valence-electron chi connectivity index (χ1n) is 12.5. The molecule has 0 aromatic carbocycles. The van der Waals surface area contributed by atoms with E-state index >= 15 is 0 Å². The Kier molecular flexibility index (Phi) is 8.54. The van der Waals surface area contributed by atoms with E-state index in [2.05, 4.69) is 20.4 Å². The molecule has 0 aliphatic carbocycles. The predicted octanol–water partition coefficient (Wildman–Crippen LogP) is 3.16. The number of hydrogen-bond acceptors (Lipinski definition) is 5. The number of carboxylic acid groups (broad SMARTS) is 1. The molecule has 3 aliphatic rings. The highest BCUT2D eigenvalue weighted by Crippen LogP contribution is 2.68. The van der Waals surface area contributed by atoms with E-state index in [1.165, 1.54) is 0 Å². The molecule has 3 saturated heterocycles. The summed E-state index contributed by atoms with van der Waals surface area (Å²) in [5.74, 6) is -2.42. The zero-order valence-corrected chi connectivity index (χ0v) is 21.1. The average Bonchev–Trinajstić information content (AvgIpc) is 3.35. The van der Waals surface area contributed by atoms with Crippen molar-refractivity contribution < 1.29 is 24.6 Å². The number of nitrogens with zero attached hydrogens (tertiary/aromatic N) is 2. The largest absolute Gasteiger partial charge is 0.481 e. The molecule has 0 aromatic rings. The van der Waals surface area contributed by atoms with Crippen molar-refractivity contribution in [1.29, 1.82) is 0 Å². The third kappa shape index (κ3) is 4.45. The Morgan fingerprint density at radius 1 is 1.33 bits per heavy atom. The van der Waals surface area contributed by atoms with Crippen LogP contribution < -0.4 is 0 Å². The van der Waals surface area contributed by atoms with Gasteiger partial charge < -0.3 is 20.0 Å². The molecule has 2 N–H and O–H groups in total. The van der Waals surface area contributed by atoms with Crippen LogP contribution >= 0.6 is 11.8 Å². The maximum absolute atomic E-state index is 14.2. The standard InChI is InChI=1S/C25H40N2O5S/c1-5-11-17(4)26(12-6-2)23(30)21-25-16(3)15-18(33-25)19(24(31)32)20(25)22(29)27(21)13-9-7-8-10-14-28/h6,16-21,28H,2,5,7-15H2,1,3-4H3,(H,31,32)/t16?,17?,18-,19+,20+,21?,25?/m1/s1. The summed E-state index contributed by atoms with van der Waals surface area (Å²) in [5, 5.41) is 18.9. The number of carbonyl (C=O) groups is 3. The van der Waals surface area contributed by atoms with E-state index in [0.717, 1.165) is 44.9 Å². The minimum absolute atomic E-state index is 0.0200. The van der Waals surface area contributed by atoms with E-state index < -0.39 is 28.6 Å². The molecule has 8 heteroatoms. The molecule has 33 heavy (non-hydrogen) atoms. The van der Waals surface area contributed by atoms with Crippen molar-refractivity contribution in [2.75, 3.05) is 19.7 Å². The Morgan fingerprint density at radius 2 is 2.03 bits per heavy atom. The Hall–Kier alpha value is -1.54. The van der Waals surface area contributed by atoms with Gasteiger partial charge in [-0.1, -0.05) is 39.2 Å². The van der Waals surface area contributed by atoms with Crippen LogP contribution in [0.1, 0.15) is 65.7 Å². The molecule has 2 amide bonds. The molecular weight excluding hydrogens is 440 g/mol. The van der Waals surface area contributed by atoms with Gasteiger partial charge in [0.2, 0.25) is 11.8 Å². The number of fused-ring (bicyclic) bond motifs is 1. The van der Waals surface area contributed by atoms with Gasteiger partial charge in [-0.25, -0.2) is 0 Å². The van der Waals surface area contributed by atoms with Crippen molar-refractivity contribution in [2.24, 2.45) is 17.8 Å². The van der Waals surface area contributed by atoms with Gasteiger partial charge in [0.15, 0.2) is 0 Å². The molecule has 3 aliphatic heterocycles. The fourth-order valence-electron chi connectivity index (χ4n) is 6.43. The maximum Gasteiger partial charge on any atom is 0.308 e. The summed E-state index contributed by atoms with van der Waals surface area (Å²) < 4.78 is -0.682. The van der Waals surface area contributed by atoms with Crippen molar-refractivity contribution in [2.45, 2.75) is 87.8 Å². The quantitative estimate of drug-likeness (QED) is 0.310. The van der Waals surface area contributed by atoms with E-state index in [4.69, 9.17) is 5.11 Å². The molecule has 0 aromatic heterocycles. The number of likely N-dealkylation sites (tertiary alicyclic amines) is 1. The normalized spacial score (nSPS) is 33.3. The van der Waals surface area contributed by atoms with Gasteiger partial charge in [-0.05, 0) is 38.5 Å². The lowest BCUT2D eigenvalue weighted by Crippen LogP contribution is -2.58. The first-order valence-corrected chi connectivity index (χ1v) is 13.4. The highest BCUT2D eigenvalue weighted by atomic mass is 32.2. The lowest BCUT2D eigenvalue weighted by atomic mass is 9.66. The fourth-order valence-corrected chi connectivity index (χ4v) is 8.83. The number of thioether (sulfide) groups is 1. The molecule has 4 unspecified atom stereocenters. The Morgan fingerprint density at radius 3 is 2.64 bits per heavy atom. The molecule has 3 heterocycles. The van der Waals surface area contributed by atoms with Crippen molar-refractivity contribution in [3.05, 3.63) is 12.7 Å². The average molecular weight is 481 g/mol. The van der Waals surface area contributed by atoms with E-state index in [1.54, 1.807) is 22.7 Å². The molecule has 1 spiro atoms. The lowest BCUT2D eigenvalue weighted by Gasteiger charge is -2.41.